The Morgan fingerprint density at radius 2 is 1.62 bits per heavy atom. The van der Waals surface area contributed by atoms with Gasteiger partial charge in [0.05, 0.1) is 23.7 Å². The van der Waals surface area contributed by atoms with Gasteiger partial charge in [-0.05, 0) is 31.9 Å². The van der Waals surface area contributed by atoms with Crippen molar-refractivity contribution >= 4 is 16.7 Å². The lowest BCUT2D eigenvalue weighted by atomic mass is 9.89. The summed E-state index contributed by atoms with van der Waals surface area (Å²) in [5.41, 5.74) is -0.0791. The van der Waals surface area contributed by atoms with Crippen LogP contribution in [0.25, 0.3) is 11.0 Å². The number of aromatic hydroxyl groups is 1. The van der Waals surface area contributed by atoms with Crippen LogP contribution in [0.5, 0.6) is 5.75 Å². The second-order valence-corrected chi connectivity index (χ2v) is 10.1. The summed E-state index contributed by atoms with van der Waals surface area (Å²) in [5, 5.41) is 82.6. The van der Waals surface area contributed by atoms with Crippen LogP contribution in [0.1, 0.15) is 43.3 Å². The van der Waals surface area contributed by atoms with Gasteiger partial charge in [-0.1, -0.05) is 6.92 Å². The van der Waals surface area contributed by atoms with Gasteiger partial charge in [-0.3, -0.25) is 9.79 Å². The molecule has 0 amide bonds. The van der Waals surface area contributed by atoms with Crippen LogP contribution in [0.3, 0.4) is 0 Å². The third-order valence-electron chi connectivity index (χ3n) is 7.33. The molecule has 4 rings (SSSR count). The Labute approximate surface area is 223 Å². The molecule has 10 unspecified atom stereocenters. The molecular weight excluding hydrogens is 518 g/mol. The van der Waals surface area contributed by atoms with Crippen molar-refractivity contribution in [3.05, 3.63) is 39.2 Å². The van der Waals surface area contributed by atoms with Gasteiger partial charge in [0.1, 0.15) is 65.9 Å². The number of aliphatic hydroxyl groups excluding tert-OH is 7. The van der Waals surface area contributed by atoms with E-state index < -0.39 is 78.9 Å². The largest absolute Gasteiger partial charge is 0.507 e. The zero-order valence-corrected chi connectivity index (χ0v) is 21.7. The minimum atomic E-state index is -1.73. The van der Waals surface area contributed by atoms with E-state index in [9.17, 15) is 45.6 Å². The minimum Gasteiger partial charge on any atom is -0.507 e. The van der Waals surface area contributed by atoms with Crippen LogP contribution in [-0.4, -0.2) is 108 Å². The molecule has 2 saturated heterocycles. The first-order valence-electron chi connectivity index (χ1n) is 12.7. The number of benzene rings is 1. The Kier molecular flexibility index (Phi) is 8.76. The first-order chi connectivity index (χ1) is 18.4. The first-order valence-corrected chi connectivity index (χ1v) is 12.7. The molecule has 39 heavy (non-hydrogen) atoms. The Balaban J connectivity index is 1.73. The van der Waals surface area contributed by atoms with Crippen molar-refractivity contribution < 1.29 is 54.7 Å². The minimum absolute atomic E-state index is 0.0722. The Bertz CT molecular complexity index is 1280. The molecule has 0 radical (unpaired) electrons. The monoisotopic (exact) mass is 553 g/mol. The van der Waals surface area contributed by atoms with E-state index in [1.54, 1.807) is 20.8 Å². The number of rotatable bonds is 6. The average molecular weight is 554 g/mol. The molecular formula is C26H35NO12. The van der Waals surface area contributed by atoms with Crippen LogP contribution in [0.15, 0.2) is 26.3 Å². The summed E-state index contributed by atoms with van der Waals surface area (Å²) in [7, 11) is 0. The van der Waals surface area contributed by atoms with Crippen LogP contribution in [-0.2, 0) is 15.9 Å². The van der Waals surface area contributed by atoms with Gasteiger partial charge in [0, 0.05) is 18.2 Å². The van der Waals surface area contributed by atoms with Crippen LogP contribution >= 0.6 is 0 Å². The lowest BCUT2D eigenvalue weighted by molar-refractivity contribution is -0.241. The smallest absolute Gasteiger partial charge is 0.193 e. The molecule has 1 aromatic heterocycles. The topological polar surface area (TPSA) is 223 Å². The number of aryl methyl sites for hydroxylation is 1. The number of fused-ring (bicyclic) bond motifs is 1. The number of phenols is 1. The summed E-state index contributed by atoms with van der Waals surface area (Å²) in [6.07, 6.45) is -12.4. The van der Waals surface area contributed by atoms with Crippen LogP contribution in [0, 0.1) is 6.92 Å². The normalized spacial score (nSPS) is 35.9. The highest BCUT2D eigenvalue weighted by Gasteiger charge is 2.46. The zero-order valence-electron chi connectivity index (χ0n) is 21.7. The van der Waals surface area contributed by atoms with Crippen molar-refractivity contribution in [2.24, 2.45) is 4.99 Å². The lowest BCUT2D eigenvalue weighted by Crippen LogP contribution is -2.56. The van der Waals surface area contributed by atoms with Gasteiger partial charge in [-0.15, -0.1) is 0 Å². The SMILES string of the molecule is CCC1OC(O)C(N=C(C)Cc2cc(=O)c3c(C)cc(O)c(C4OC(CO)C(O)C(O)C4O)c3o2)C(O)C1O. The van der Waals surface area contributed by atoms with Gasteiger partial charge in [-0.2, -0.15) is 0 Å². The van der Waals surface area contributed by atoms with Gasteiger partial charge in [0.25, 0.3) is 0 Å². The third kappa shape index (κ3) is 5.46. The molecule has 0 aliphatic carbocycles. The van der Waals surface area contributed by atoms with Crippen molar-refractivity contribution in [3.8, 4) is 5.75 Å². The predicted molar refractivity (Wildman–Crippen MR) is 135 cm³/mol. The van der Waals surface area contributed by atoms with Gasteiger partial charge in [-0.25, -0.2) is 0 Å². The maximum absolute atomic E-state index is 13.1. The van der Waals surface area contributed by atoms with E-state index in [0.29, 0.717) is 17.7 Å². The zero-order chi connectivity index (χ0) is 28.8. The molecule has 1 aromatic carbocycles. The second kappa shape index (κ2) is 11.6. The number of aliphatic hydroxyl groups is 7. The fourth-order valence-electron chi connectivity index (χ4n) is 5.24. The molecule has 2 fully saturated rings. The molecule has 2 aromatic rings. The molecule has 13 nitrogen and oxygen atoms in total. The van der Waals surface area contributed by atoms with E-state index in [-0.39, 0.29) is 28.7 Å². The quantitative estimate of drug-likeness (QED) is 0.192. The summed E-state index contributed by atoms with van der Waals surface area (Å²) in [4.78, 5) is 17.4. The van der Waals surface area contributed by atoms with E-state index in [4.69, 9.17) is 13.9 Å². The van der Waals surface area contributed by atoms with Crippen molar-refractivity contribution in [2.45, 2.75) is 94.8 Å². The molecule has 0 bridgehead atoms. The summed E-state index contributed by atoms with van der Waals surface area (Å²) in [6, 6.07) is 1.31. The van der Waals surface area contributed by atoms with E-state index >= 15 is 0 Å². The predicted octanol–water partition coefficient (Wildman–Crippen LogP) is -1.46. The van der Waals surface area contributed by atoms with Gasteiger partial charge < -0.3 is 54.7 Å². The molecule has 10 atom stereocenters. The molecule has 2 aliphatic rings. The standard InChI is InChI=1S/C26H35NO12/c1-4-14-19(31)21(33)18(26(36)39-14)27-10(3)6-11-7-13(30)16-9(2)5-12(29)17(24(16)37-11)25-23(35)22(34)20(32)15(8-28)38-25/h5,7,14-15,18-23,25-26,28-29,31-36H,4,6,8H2,1-3H3. The average Bonchev–Trinajstić information content (AvgIpc) is 2.88. The van der Waals surface area contributed by atoms with Crippen molar-refractivity contribution in [1.29, 1.82) is 0 Å². The van der Waals surface area contributed by atoms with E-state index in [0.717, 1.165) is 0 Å². The van der Waals surface area contributed by atoms with Crippen molar-refractivity contribution in [3.63, 3.8) is 0 Å². The van der Waals surface area contributed by atoms with Gasteiger partial charge in [0.2, 0.25) is 0 Å². The van der Waals surface area contributed by atoms with Gasteiger partial charge >= 0.3 is 0 Å². The fourth-order valence-corrected chi connectivity index (χ4v) is 5.24. The summed E-state index contributed by atoms with van der Waals surface area (Å²) >= 11 is 0. The van der Waals surface area contributed by atoms with Crippen LogP contribution in [0.4, 0.5) is 0 Å². The molecule has 3 heterocycles. The Morgan fingerprint density at radius 3 is 2.26 bits per heavy atom. The highest BCUT2D eigenvalue weighted by molar-refractivity contribution is 5.87. The highest BCUT2D eigenvalue weighted by atomic mass is 16.6. The third-order valence-corrected chi connectivity index (χ3v) is 7.33. The number of hydrogen-bond acceptors (Lipinski definition) is 13. The van der Waals surface area contributed by atoms with E-state index in [2.05, 4.69) is 4.99 Å². The Morgan fingerprint density at radius 1 is 0.949 bits per heavy atom. The molecule has 13 heteroatoms. The number of phenolic OH excluding ortho intramolecular Hbond substituents is 1. The van der Waals surface area contributed by atoms with Gasteiger partial charge in [0.15, 0.2) is 11.7 Å². The number of nitrogens with zero attached hydrogens (tertiary/aromatic N) is 1. The molecule has 8 N–H and O–H groups in total. The van der Waals surface area contributed by atoms with E-state index in [1.165, 1.54) is 12.1 Å². The number of hydrogen-bond donors (Lipinski definition) is 8. The fraction of sp³-hybridized carbons (Fsp3) is 0.615. The molecule has 2 aliphatic heterocycles. The number of aliphatic imine (C=N–C) groups is 1. The maximum Gasteiger partial charge on any atom is 0.193 e. The van der Waals surface area contributed by atoms with Crippen molar-refractivity contribution in [1.82, 2.24) is 0 Å². The lowest BCUT2D eigenvalue weighted by Gasteiger charge is -2.40. The molecule has 0 spiro atoms. The molecule has 0 saturated carbocycles. The summed E-state index contributed by atoms with van der Waals surface area (Å²) in [5.74, 6) is -0.322. The number of ether oxygens (including phenoxy) is 2. The highest BCUT2D eigenvalue weighted by Crippen LogP contribution is 2.41. The van der Waals surface area contributed by atoms with Crippen LogP contribution in [0.2, 0.25) is 0 Å². The summed E-state index contributed by atoms with van der Waals surface area (Å²) < 4.78 is 17.0. The Hall–Kier alpha value is -2.46. The van der Waals surface area contributed by atoms with E-state index in [1.807, 2.05) is 0 Å². The van der Waals surface area contributed by atoms with Crippen LogP contribution < -0.4 is 5.43 Å². The summed E-state index contributed by atoms with van der Waals surface area (Å²) in [6.45, 7) is 4.19. The maximum atomic E-state index is 13.1. The first kappa shape index (κ1) is 29.5. The van der Waals surface area contributed by atoms with Crippen molar-refractivity contribution in [2.75, 3.05) is 6.61 Å². The molecule has 216 valence electrons. The second-order valence-electron chi connectivity index (χ2n) is 10.1.